The maximum absolute atomic E-state index is 14.0. The molecule has 0 saturated carbocycles. The minimum Gasteiger partial charge on any atom is -0.489 e. The van der Waals surface area contributed by atoms with E-state index in [1.165, 1.54) is 12.1 Å². The summed E-state index contributed by atoms with van der Waals surface area (Å²) in [4.78, 5) is 11.1. The van der Waals surface area contributed by atoms with Crippen molar-refractivity contribution in [1.82, 2.24) is 14.5 Å². The van der Waals surface area contributed by atoms with Crippen LogP contribution in [0.25, 0.3) is 5.69 Å². The Balaban J connectivity index is 1.44. The standard InChI is InChI=1S/C23H21ClFN5OS/c1-2-15-12-27-23(28-13-15)29-7-5-18(6-8-29)31-21-10-22(32)30(14-19(21)24)17-4-3-16(11-26)20(25)9-17/h3-4,9-10,12-14,18H,2,5-8H2,1H3. The number of anilines is 1. The topological polar surface area (TPSA) is 67.0 Å². The number of hydrogen-bond acceptors (Lipinski definition) is 6. The molecule has 3 aromatic rings. The summed E-state index contributed by atoms with van der Waals surface area (Å²) in [5.41, 5.74) is 1.58. The monoisotopic (exact) mass is 469 g/mol. The predicted octanol–water partition coefficient (Wildman–Crippen LogP) is 5.27. The molecule has 4 rings (SSSR count). The van der Waals surface area contributed by atoms with Gasteiger partial charge in [-0.2, -0.15) is 5.26 Å². The quantitative estimate of drug-likeness (QED) is 0.474. The predicted molar refractivity (Wildman–Crippen MR) is 124 cm³/mol. The number of ether oxygens (including phenoxy) is 1. The molecule has 1 aliphatic rings. The second kappa shape index (κ2) is 9.63. The van der Waals surface area contributed by atoms with Gasteiger partial charge in [-0.1, -0.05) is 30.7 Å². The first kappa shape index (κ1) is 22.2. The van der Waals surface area contributed by atoms with Gasteiger partial charge in [0.2, 0.25) is 5.95 Å². The molecule has 0 amide bonds. The van der Waals surface area contributed by atoms with Crippen LogP contribution >= 0.6 is 23.8 Å². The van der Waals surface area contributed by atoms with Gasteiger partial charge in [0.15, 0.2) is 0 Å². The molecule has 164 valence electrons. The summed E-state index contributed by atoms with van der Waals surface area (Å²) in [5, 5.41) is 9.29. The molecule has 0 radical (unpaired) electrons. The van der Waals surface area contributed by atoms with Gasteiger partial charge >= 0.3 is 0 Å². The first-order valence-corrected chi connectivity index (χ1v) is 11.1. The van der Waals surface area contributed by atoms with Crippen LogP contribution in [0.3, 0.4) is 0 Å². The van der Waals surface area contributed by atoms with Gasteiger partial charge < -0.3 is 14.2 Å². The average molecular weight is 470 g/mol. The molecule has 1 aromatic carbocycles. The van der Waals surface area contributed by atoms with Gasteiger partial charge in [-0.05, 0) is 30.2 Å². The number of halogens is 2. The number of aromatic nitrogens is 3. The molecule has 3 heterocycles. The number of hydrogen-bond donors (Lipinski definition) is 0. The lowest BCUT2D eigenvalue weighted by atomic mass is 10.1. The highest BCUT2D eigenvalue weighted by Crippen LogP contribution is 2.29. The Kier molecular flexibility index (Phi) is 6.68. The third kappa shape index (κ3) is 4.74. The Morgan fingerprint density at radius 1 is 1.25 bits per heavy atom. The van der Waals surface area contributed by atoms with Crippen LogP contribution in [0, 0.1) is 21.8 Å². The fraction of sp³-hybridized carbons (Fsp3) is 0.304. The van der Waals surface area contributed by atoms with Gasteiger partial charge in [0.1, 0.15) is 28.4 Å². The van der Waals surface area contributed by atoms with Gasteiger partial charge in [0.05, 0.1) is 10.6 Å². The Morgan fingerprint density at radius 3 is 2.59 bits per heavy atom. The van der Waals surface area contributed by atoms with Crippen LogP contribution in [0.5, 0.6) is 5.75 Å². The lowest BCUT2D eigenvalue weighted by molar-refractivity contribution is 0.170. The molecule has 32 heavy (non-hydrogen) atoms. The summed E-state index contributed by atoms with van der Waals surface area (Å²) in [6.07, 6.45) is 7.87. The summed E-state index contributed by atoms with van der Waals surface area (Å²) >= 11 is 11.9. The van der Waals surface area contributed by atoms with E-state index >= 15 is 0 Å². The van der Waals surface area contributed by atoms with E-state index in [4.69, 9.17) is 33.8 Å². The van der Waals surface area contributed by atoms with Crippen molar-refractivity contribution in [1.29, 1.82) is 5.26 Å². The van der Waals surface area contributed by atoms with Gasteiger partial charge in [0, 0.05) is 56.3 Å². The van der Waals surface area contributed by atoms with E-state index in [0.717, 1.165) is 43.9 Å². The Bertz CT molecular complexity index is 1220. The van der Waals surface area contributed by atoms with Gasteiger partial charge in [0.25, 0.3) is 0 Å². The van der Waals surface area contributed by atoms with Crippen molar-refractivity contribution in [2.75, 3.05) is 18.0 Å². The van der Waals surface area contributed by atoms with Crippen LogP contribution in [0.15, 0.2) is 42.9 Å². The van der Waals surface area contributed by atoms with Crippen LogP contribution in [0.4, 0.5) is 10.3 Å². The Morgan fingerprint density at radius 2 is 1.97 bits per heavy atom. The van der Waals surface area contributed by atoms with Crippen molar-refractivity contribution >= 4 is 29.8 Å². The highest BCUT2D eigenvalue weighted by atomic mass is 35.5. The molecule has 0 bridgehead atoms. The molecular weight excluding hydrogens is 449 g/mol. The minimum atomic E-state index is -0.608. The molecule has 0 unspecified atom stereocenters. The lowest BCUT2D eigenvalue weighted by Gasteiger charge is -2.32. The number of nitriles is 1. The van der Waals surface area contributed by atoms with E-state index in [1.54, 1.807) is 29.0 Å². The van der Waals surface area contributed by atoms with Crippen LogP contribution in [0.2, 0.25) is 5.02 Å². The zero-order valence-corrected chi connectivity index (χ0v) is 19.0. The highest BCUT2D eigenvalue weighted by Gasteiger charge is 2.23. The molecule has 6 nitrogen and oxygen atoms in total. The van der Waals surface area contributed by atoms with E-state index in [2.05, 4.69) is 21.8 Å². The first-order valence-electron chi connectivity index (χ1n) is 10.3. The molecule has 1 fully saturated rings. The minimum absolute atomic E-state index is 0.00345. The molecule has 1 aliphatic heterocycles. The lowest BCUT2D eigenvalue weighted by Crippen LogP contribution is -2.39. The molecular formula is C23H21ClFN5OS. The summed E-state index contributed by atoms with van der Waals surface area (Å²) in [6, 6.07) is 7.78. The zero-order valence-electron chi connectivity index (χ0n) is 17.5. The highest BCUT2D eigenvalue weighted by molar-refractivity contribution is 7.71. The molecule has 0 aliphatic carbocycles. The SMILES string of the molecule is CCc1cnc(N2CCC(Oc3cc(=S)n(-c4ccc(C#N)c(F)c4)cc3Cl)CC2)nc1. The average Bonchev–Trinajstić information content (AvgIpc) is 2.82. The van der Waals surface area contributed by atoms with Gasteiger partial charge in [-0.25, -0.2) is 14.4 Å². The largest absolute Gasteiger partial charge is 0.489 e. The fourth-order valence-electron chi connectivity index (χ4n) is 3.57. The van der Waals surface area contributed by atoms with Crippen molar-refractivity contribution in [2.45, 2.75) is 32.3 Å². The van der Waals surface area contributed by atoms with Crippen molar-refractivity contribution in [3.8, 4) is 17.5 Å². The van der Waals surface area contributed by atoms with E-state index in [9.17, 15) is 4.39 Å². The van der Waals surface area contributed by atoms with Crippen LogP contribution in [-0.2, 0) is 6.42 Å². The van der Waals surface area contributed by atoms with E-state index in [-0.39, 0.29) is 11.7 Å². The molecule has 2 aromatic heterocycles. The molecule has 9 heteroatoms. The molecule has 0 atom stereocenters. The number of nitrogens with zero attached hydrogens (tertiary/aromatic N) is 5. The zero-order chi connectivity index (χ0) is 22.7. The van der Waals surface area contributed by atoms with E-state index in [0.29, 0.717) is 21.1 Å². The van der Waals surface area contributed by atoms with Crippen molar-refractivity contribution < 1.29 is 9.13 Å². The molecule has 0 N–H and O–H groups in total. The molecule has 1 saturated heterocycles. The number of pyridine rings is 1. The fourth-order valence-corrected chi connectivity index (χ4v) is 4.04. The van der Waals surface area contributed by atoms with Crippen molar-refractivity contribution in [3.63, 3.8) is 0 Å². The van der Waals surface area contributed by atoms with E-state index < -0.39 is 5.82 Å². The second-order valence-corrected chi connectivity index (χ2v) is 8.34. The summed E-state index contributed by atoms with van der Waals surface area (Å²) in [7, 11) is 0. The third-order valence-corrected chi connectivity index (χ3v) is 6.04. The smallest absolute Gasteiger partial charge is 0.225 e. The first-order chi connectivity index (χ1) is 15.5. The van der Waals surface area contributed by atoms with E-state index in [1.807, 2.05) is 12.4 Å². The summed E-state index contributed by atoms with van der Waals surface area (Å²) in [5.74, 6) is 0.634. The second-order valence-electron chi connectivity index (χ2n) is 7.52. The molecule has 0 spiro atoms. The maximum atomic E-state index is 14.0. The third-order valence-electron chi connectivity index (χ3n) is 5.44. The van der Waals surface area contributed by atoms with Crippen molar-refractivity contribution in [3.05, 3.63) is 69.5 Å². The number of rotatable bonds is 5. The Labute approximate surface area is 195 Å². The number of benzene rings is 1. The normalized spacial score (nSPS) is 14.2. The van der Waals surface area contributed by atoms with Crippen molar-refractivity contribution in [2.24, 2.45) is 0 Å². The number of piperidine rings is 1. The van der Waals surface area contributed by atoms with Crippen LogP contribution in [-0.4, -0.2) is 33.7 Å². The van der Waals surface area contributed by atoms with Gasteiger partial charge in [-0.15, -0.1) is 0 Å². The van der Waals surface area contributed by atoms with Gasteiger partial charge in [-0.3, -0.25) is 0 Å². The summed E-state index contributed by atoms with van der Waals surface area (Å²) in [6.45, 7) is 3.64. The summed E-state index contributed by atoms with van der Waals surface area (Å²) < 4.78 is 22.2. The Hall–Kier alpha value is -3.02. The maximum Gasteiger partial charge on any atom is 0.225 e. The van der Waals surface area contributed by atoms with Crippen LogP contribution < -0.4 is 9.64 Å². The number of aryl methyl sites for hydroxylation is 1. The van der Waals surface area contributed by atoms with Crippen LogP contribution in [0.1, 0.15) is 30.9 Å².